The molecule has 26 heavy (non-hydrogen) atoms. The number of ether oxygens (including phenoxy) is 1. The third-order valence-electron chi connectivity index (χ3n) is 3.80. The van der Waals surface area contributed by atoms with E-state index in [0.29, 0.717) is 30.0 Å². The van der Waals surface area contributed by atoms with Crippen LogP contribution < -0.4 is 4.90 Å². The van der Waals surface area contributed by atoms with E-state index >= 15 is 0 Å². The summed E-state index contributed by atoms with van der Waals surface area (Å²) in [6.45, 7) is 0.743. The number of hydrogen-bond acceptors (Lipinski definition) is 5. The number of anilines is 1. The molecule has 0 N–H and O–H groups in total. The molecule has 0 aliphatic carbocycles. The summed E-state index contributed by atoms with van der Waals surface area (Å²) in [7, 11) is 0. The molecule has 1 heterocycles. The lowest BCUT2D eigenvalue weighted by Gasteiger charge is -2.13. The zero-order valence-electron chi connectivity index (χ0n) is 13.4. The Hall–Kier alpha value is -3.19. The van der Waals surface area contributed by atoms with Crippen molar-refractivity contribution in [3.8, 4) is 0 Å². The molecule has 0 atom stereocenters. The molecule has 1 fully saturated rings. The van der Waals surface area contributed by atoms with Crippen LogP contribution in [-0.4, -0.2) is 30.0 Å². The van der Waals surface area contributed by atoms with E-state index in [1.54, 1.807) is 30.3 Å². The summed E-state index contributed by atoms with van der Waals surface area (Å²) in [5.74, 6) is -0.294. The molecular weight excluding hydrogens is 360 g/mol. The average Bonchev–Trinajstić information content (AvgIpc) is 3.06. The number of halogens is 1. The molecule has 0 spiro atoms. The Balaban J connectivity index is 1.80. The molecule has 2 aromatic carbocycles. The molecule has 2 aromatic rings. The van der Waals surface area contributed by atoms with Crippen LogP contribution >= 0.6 is 11.6 Å². The normalized spacial score (nSPS) is 13.9. The highest BCUT2D eigenvalue weighted by atomic mass is 35.5. The minimum Gasteiger partial charge on any atom is -0.447 e. The lowest BCUT2D eigenvalue weighted by atomic mass is 10.1. The summed E-state index contributed by atoms with van der Waals surface area (Å²) in [6.07, 6.45) is 2.34. The van der Waals surface area contributed by atoms with Gasteiger partial charge in [-0.25, -0.2) is 4.79 Å². The fourth-order valence-electron chi connectivity index (χ4n) is 2.50. The smallest absolute Gasteiger partial charge is 0.414 e. The summed E-state index contributed by atoms with van der Waals surface area (Å²) in [5.41, 5.74) is 1.22. The van der Waals surface area contributed by atoms with Crippen LogP contribution in [0.5, 0.6) is 0 Å². The van der Waals surface area contributed by atoms with Crippen molar-refractivity contribution in [3.05, 3.63) is 74.8 Å². The molecular formula is C18H13ClN2O5. The standard InChI is InChI=1S/C18H13ClN2O5/c19-15-6-4-12(10-16(15)21(24)25)5-7-17(22)13-2-1-3-14(11-13)20-8-9-26-18(20)23/h1-7,10-11H,8-9H2/b7-5+. The molecule has 8 heteroatoms. The third-order valence-corrected chi connectivity index (χ3v) is 4.12. The van der Waals surface area contributed by atoms with Crippen molar-refractivity contribution in [2.24, 2.45) is 0 Å². The van der Waals surface area contributed by atoms with Gasteiger partial charge in [0, 0.05) is 17.3 Å². The van der Waals surface area contributed by atoms with Gasteiger partial charge in [-0.3, -0.25) is 19.8 Å². The number of allylic oxidation sites excluding steroid dienone is 1. The number of hydrogen-bond donors (Lipinski definition) is 0. The Morgan fingerprint density at radius 2 is 2.08 bits per heavy atom. The summed E-state index contributed by atoms with van der Waals surface area (Å²) in [6, 6.07) is 10.9. The van der Waals surface area contributed by atoms with E-state index in [4.69, 9.17) is 16.3 Å². The predicted octanol–water partition coefficient (Wildman–Crippen LogP) is 4.10. The van der Waals surface area contributed by atoms with Crippen LogP contribution in [0.15, 0.2) is 48.5 Å². The maximum absolute atomic E-state index is 12.4. The molecule has 1 aliphatic heterocycles. The number of benzene rings is 2. The highest BCUT2D eigenvalue weighted by Crippen LogP contribution is 2.26. The Morgan fingerprint density at radius 3 is 2.77 bits per heavy atom. The van der Waals surface area contributed by atoms with Gasteiger partial charge in [0.05, 0.1) is 11.5 Å². The molecule has 7 nitrogen and oxygen atoms in total. The zero-order valence-corrected chi connectivity index (χ0v) is 14.2. The van der Waals surface area contributed by atoms with Gasteiger partial charge in [-0.05, 0) is 29.8 Å². The van der Waals surface area contributed by atoms with Gasteiger partial charge in [0.2, 0.25) is 0 Å². The molecule has 132 valence electrons. The van der Waals surface area contributed by atoms with Crippen LogP contribution in [0.3, 0.4) is 0 Å². The Bertz CT molecular complexity index is 926. The molecule has 0 bridgehead atoms. The van der Waals surface area contributed by atoms with Crippen LogP contribution in [-0.2, 0) is 4.74 Å². The first kappa shape index (κ1) is 17.6. The molecule has 0 aromatic heterocycles. The largest absolute Gasteiger partial charge is 0.447 e. The number of rotatable bonds is 5. The van der Waals surface area contributed by atoms with Crippen LogP contribution in [0.2, 0.25) is 5.02 Å². The highest BCUT2D eigenvalue weighted by molar-refractivity contribution is 6.32. The molecule has 1 aliphatic rings. The van der Waals surface area contributed by atoms with Gasteiger partial charge in [-0.1, -0.05) is 35.9 Å². The fourth-order valence-corrected chi connectivity index (χ4v) is 2.68. The lowest BCUT2D eigenvalue weighted by molar-refractivity contribution is -0.384. The van der Waals surface area contributed by atoms with Crippen molar-refractivity contribution in [1.29, 1.82) is 0 Å². The SMILES string of the molecule is O=C(/C=C/c1ccc(Cl)c([N+](=O)[O-])c1)c1cccc(N2CCOC2=O)c1. The zero-order chi connectivity index (χ0) is 18.7. The molecule has 1 amide bonds. The van der Waals surface area contributed by atoms with E-state index in [0.717, 1.165) is 0 Å². The van der Waals surface area contributed by atoms with Crippen LogP contribution in [0.1, 0.15) is 15.9 Å². The first-order chi connectivity index (χ1) is 12.5. The van der Waals surface area contributed by atoms with Crippen LogP contribution in [0, 0.1) is 10.1 Å². The Labute approximate surface area is 153 Å². The topological polar surface area (TPSA) is 89.8 Å². The number of amides is 1. The van der Waals surface area contributed by atoms with Crippen LogP contribution in [0.4, 0.5) is 16.2 Å². The van der Waals surface area contributed by atoms with Gasteiger partial charge in [-0.15, -0.1) is 0 Å². The van der Waals surface area contributed by atoms with Gasteiger partial charge >= 0.3 is 6.09 Å². The summed E-state index contributed by atoms with van der Waals surface area (Å²) in [5, 5.41) is 10.9. The molecule has 0 radical (unpaired) electrons. The second-order valence-electron chi connectivity index (χ2n) is 5.48. The Morgan fingerprint density at radius 1 is 1.27 bits per heavy atom. The van der Waals surface area contributed by atoms with Gasteiger partial charge < -0.3 is 4.74 Å². The van der Waals surface area contributed by atoms with Crippen molar-refractivity contribution in [2.45, 2.75) is 0 Å². The van der Waals surface area contributed by atoms with Crippen LogP contribution in [0.25, 0.3) is 6.08 Å². The van der Waals surface area contributed by atoms with Gasteiger partial charge in [0.25, 0.3) is 5.69 Å². The average molecular weight is 373 g/mol. The third kappa shape index (κ3) is 3.73. The number of ketones is 1. The van der Waals surface area contributed by atoms with Crippen molar-refractivity contribution in [3.63, 3.8) is 0 Å². The summed E-state index contributed by atoms with van der Waals surface area (Å²) in [4.78, 5) is 35.8. The minimum absolute atomic E-state index is 0.0312. The summed E-state index contributed by atoms with van der Waals surface area (Å²) < 4.78 is 4.89. The minimum atomic E-state index is -0.583. The van der Waals surface area contributed by atoms with E-state index in [1.165, 1.54) is 29.2 Å². The predicted molar refractivity (Wildman–Crippen MR) is 96.6 cm³/mol. The second kappa shape index (κ2) is 7.37. The monoisotopic (exact) mass is 372 g/mol. The fraction of sp³-hybridized carbons (Fsp3) is 0.111. The van der Waals surface area contributed by atoms with Crippen molar-refractivity contribution < 1.29 is 19.2 Å². The number of carbonyl (C=O) groups is 2. The first-order valence-corrected chi connectivity index (χ1v) is 8.04. The maximum Gasteiger partial charge on any atom is 0.414 e. The van der Waals surface area contributed by atoms with Gasteiger partial charge in [0.1, 0.15) is 11.6 Å². The second-order valence-corrected chi connectivity index (χ2v) is 5.89. The van der Waals surface area contributed by atoms with E-state index < -0.39 is 11.0 Å². The van der Waals surface area contributed by atoms with E-state index in [9.17, 15) is 19.7 Å². The number of nitrogens with zero attached hydrogens (tertiary/aromatic N) is 2. The number of cyclic esters (lactones) is 1. The highest BCUT2D eigenvalue weighted by Gasteiger charge is 2.23. The molecule has 0 saturated carbocycles. The van der Waals surface area contributed by atoms with E-state index in [1.807, 2.05) is 0 Å². The number of nitro benzene ring substituents is 1. The van der Waals surface area contributed by atoms with E-state index in [-0.39, 0.29) is 16.5 Å². The first-order valence-electron chi connectivity index (χ1n) is 7.66. The maximum atomic E-state index is 12.4. The van der Waals surface area contributed by atoms with Crippen molar-refractivity contribution in [2.75, 3.05) is 18.1 Å². The molecule has 3 rings (SSSR count). The number of carbonyl (C=O) groups excluding carboxylic acids is 2. The Kier molecular flexibility index (Phi) is 4.99. The van der Waals surface area contributed by atoms with Crippen molar-refractivity contribution >= 4 is 40.9 Å². The van der Waals surface area contributed by atoms with Crippen molar-refractivity contribution in [1.82, 2.24) is 0 Å². The van der Waals surface area contributed by atoms with Gasteiger partial charge in [0.15, 0.2) is 5.78 Å². The molecule has 1 saturated heterocycles. The molecule has 0 unspecified atom stereocenters. The number of nitro groups is 1. The van der Waals surface area contributed by atoms with Gasteiger partial charge in [-0.2, -0.15) is 0 Å². The summed E-state index contributed by atoms with van der Waals surface area (Å²) >= 11 is 5.77. The quantitative estimate of drug-likeness (QED) is 0.341. The lowest BCUT2D eigenvalue weighted by Crippen LogP contribution is -2.23. The van der Waals surface area contributed by atoms with E-state index in [2.05, 4.69) is 0 Å².